The fourth-order valence-corrected chi connectivity index (χ4v) is 10.7. The summed E-state index contributed by atoms with van der Waals surface area (Å²) in [5, 5.41) is 21.6. The number of amides is 12. The summed E-state index contributed by atoms with van der Waals surface area (Å²) in [7, 11) is 0. The Morgan fingerprint density at radius 1 is 0.635 bits per heavy atom. The highest BCUT2D eigenvalue weighted by Crippen LogP contribution is 2.24. The smallest absolute Gasteiger partial charge is 0.328 e. The number of nitrogens with zero attached hydrogens (tertiary/aromatic N) is 2. The Labute approximate surface area is 491 Å². The molecular formula is C58H79N13O14. The minimum absolute atomic E-state index is 0.00795. The molecule has 0 radical (unpaired) electrons. The summed E-state index contributed by atoms with van der Waals surface area (Å²) in [6, 6.07) is 4.72. The monoisotopic (exact) mass is 1180 g/mol. The molecule has 0 aliphatic carbocycles. The zero-order valence-electron chi connectivity index (χ0n) is 48.5. The lowest BCUT2D eigenvalue weighted by molar-refractivity contribution is -0.149. The molecule has 3 aromatic rings. The SMILES string of the molecule is CCOC(=O)[C@H](Cc1c[nH]c2ccccc12)NC(=O)[C@@H]1CCCN1C(=O)[C@H](CC(N)=O)NC(=O)[C@@H](NC(=O)[C@H](CC(N)=O)NC(=O)[C@@H]1CCCN1C(=O)CNC(=O)[C@H](Cc1ccccc1)NC(=O)[C@H](CC(C)C)NC(=O)[C@@H]1CCC(=O)N1)C(C)C. The van der Waals surface area contributed by atoms with Gasteiger partial charge >= 0.3 is 5.97 Å². The maximum atomic E-state index is 14.3. The predicted molar refractivity (Wildman–Crippen MR) is 306 cm³/mol. The predicted octanol–water partition coefficient (Wildman–Crippen LogP) is -1.75. The standard InChI is InChI=1S/C58H79N13O14/c1-6-85-58(84)42(26-34-29-61-36-17-11-10-16-35(34)36)68-55(81)44-19-13-23-71(44)57(83)41(28-46(60)73)67-56(82)49(32(4)5)69-53(79)40(27-45(59)72)66-54(80)43-18-12-22-70(43)48(75)30-62-50(76)39(25-33-14-8-7-9-15-33)65-52(78)38(24-31(2)3)64-51(77)37-20-21-47(74)63-37/h7-11,14-17,29,31-32,37-44,49,61H,6,12-13,18-28,30H2,1-5H3,(H2,59,72)(H2,60,73)(H,62,76)(H,63,74)(H,64,77)(H,65,78)(H,66,80)(H,67,82)(H,68,81)(H,69,79)/t37-,38-,39-,40-,41-,42-,43-,44-,49-/m0/s1. The van der Waals surface area contributed by atoms with Crippen molar-refractivity contribution in [3.8, 4) is 0 Å². The number of H-pyrrole nitrogens is 1. The van der Waals surface area contributed by atoms with Crippen molar-refractivity contribution >= 4 is 87.8 Å². The summed E-state index contributed by atoms with van der Waals surface area (Å²) in [5.41, 5.74) is 13.3. The number of nitrogens with one attached hydrogen (secondary N) is 9. The van der Waals surface area contributed by atoms with E-state index in [1.54, 1.807) is 57.3 Å². The van der Waals surface area contributed by atoms with Crippen LogP contribution in [-0.4, -0.2) is 172 Å². The number of rotatable bonds is 29. The summed E-state index contributed by atoms with van der Waals surface area (Å²) in [6.45, 7) is 7.93. The number of nitrogens with two attached hydrogens (primary N) is 2. The van der Waals surface area contributed by atoms with Gasteiger partial charge in [0.2, 0.25) is 70.9 Å². The second-order valence-corrected chi connectivity index (χ2v) is 22.3. The van der Waals surface area contributed by atoms with Crippen LogP contribution in [0.5, 0.6) is 0 Å². The molecule has 3 aliphatic heterocycles. The molecule has 0 saturated carbocycles. The fourth-order valence-electron chi connectivity index (χ4n) is 10.7. The molecule has 460 valence electrons. The van der Waals surface area contributed by atoms with Gasteiger partial charge in [-0.15, -0.1) is 0 Å². The third-order valence-corrected chi connectivity index (χ3v) is 15.0. The van der Waals surface area contributed by atoms with E-state index in [9.17, 15) is 62.3 Å². The first-order valence-electron chi connectivity index (χ1n) is 28.8. The number of ether oxygens (including phenoxy) is 1. The van der Waals surface area contributed by atoms with E-state index in [0.29, 0.717) is 18.4 Å². The molecule has 0 unspecified atom stereocenters. The minimum Gasteiger partial charge on any atom is -0.464 e. The molecule has 2 aromatic carbocycles. The van der Waals surface area contributed by atoms with Gasteiger partial charge in [0.1, 0.15) is 54.4 Å². The topological polar surface area (TPSA) is 402 Å². The lowest BCUT2D eigenvalue weighted by Crippen LogP contribution is -2.61. The second kappa shape index (κ2) is 30.6. The highest BCUT2D eigenvalue weighted by molar-refractivity contribution is 6.00. The van der Waals surface area contributed by atoms with E-state index < -0.39 is 151 Å². The van der Waals surface area contributed by atoms with Gasteiger partial charge in [-0.1, -0.05) is 76.2 Å². The van der Waals surface area contributed by atoms with Crippen LogP contribution in [0.1, 0.15) is 104 Å². The quantitative estimate of drug-likeness (QED) is 0.0344. The Morgan fingerprint density at radius 3 is 1.85 bits per heavy atom. The summed E-state index contributed by atoms with van der Waals surface area (Å²) in [4.78, 5) is 181. The first kappa shape index (κ1) is 65.2. The van der Waals surface area contributed by atoms with Gasteiger partial charge in [0.25, 0.3) is 0 Å². The number of primary amides is 2. The van der Waals surface area contributed by atoms with Gasteiger partial charge in [-0.25, -0.2) is 4.79 Å². The number of fused-ring (bicyclic) bond motifs is 1. The number of carbonyl (C=O) groups is 13. The molecule has 27 heteroatoms. The van der Waals surface area contributed by atoms with Crippen molar-refractivity contribution in [2.24, 2.45) is 23.3 Å². The van der Waals surface area contributed by atoms with E-state index in [0.717, 1.165) is 16.5 Å². The number of hydrogen-bond donors (Lipinski definition) is 11. The van der Waals surface area contributed by atoms with Crippen LogP contribution in [0, 0.1) is 11.8 Å². The number of benzene rings is 2. The maximum Gasteiger partial charge on any atom is 0.328 e. The zero-order valence-corrected chi connectivity index (χ0v) is 48.5. The molecule has 12 amide bonds. The van der Waals surface area contributed by atoms with Gasteiger partial charge in [-0.3, -0.25) is 57.5 Å². The fraction of sp³-hybridized carbons (Fsp3) is 0.534. The normalized spacial score (nSPS) is 18.7. The molecule has 0 spiro atoms. The van der Waals surface area contributed by atoms with Crippen LogP contribution in [0.15, 0.2) is 60.8 Å². The molecular weight excluding hydrogens is 1100 g/mol. The Balaban J connectivity index is 1.08. The van der Waals surface area contributed by atoms with Crippen molar-refractivity contribution in [1.29, 1.82) is 0 Å². The van der Waals surface area contributed by atoms with Crippen molar-refractivity contribution in [2.45, 2.75) is 160 Å². The van der Waals surface area contributed by atoms with Gasteiger partial charge in [0.15, 0.2) is 0 Å². The van der Waals surface area contributed by atoms with Gasteiger partial charge in [-0.05, 0) is 74.5 Å². The number of likely N-dealkylation sites (tertiary alicyclic amines) is 2. The van der Waals surface area contributed by atoms with Gasteiger partial charge in [0.05, 0.1) is 26.0 Å². The molecule has 1 aromatic heterocycles. The summed E-state index contributed by atoms with van der Waals surface area (Å²) >= 11 is 0. The van der Waals surface area contributed by atoms with Gasteiger partial charge < -0.3 is 73.5 Å². The molecule has 85 heavy (non-hydrogen) atoms. The van der Waals surface area contributed by atoms with E-state index in [4.69, 9.17) is 16.2 Å². The highest BCUT2D eigenvalue weighted by atomic mass is 16.5. The largest absolute Gasteiger partial charge is 0.464 e. The van der Waals surface area contributed by atoms with Crippen LogP contribution in [0.2, 0.25) is 0 Å². The maximum absolute atomic E-state index is 14.3. The van der Waals surface area contributed by atoms with Crippen LogP contribution in [0.25, 0.3) is 10.9 Å². The number of aromatic nitrogens is 1. The first-order chi connectivity index (χ1) is 40.4. The van der Waals surface area contributed by atoms with E-state index in [-0.39, 0.29) is 76.5 Å². The third kappa shape index (κ3) is 18.3. The average Bonchev–Trinajstić information content (AvgIpc) is 3.38. The molecule has 6 rings (SSSR count). The van der Waals surface area contributed by atoms with E-state index in [2.05, 4.69) is 47.5 Å². The highest BCUT2D eigenvalue weighted by Gasteiger charge is 2.42. The van der Waals surface area contributed by atoms with E-state index in [1.165, 1.54) is 9.80 Å². The molecule has 3 fully saturated rings. The molecule has 13 N–H and O–H groups in total. The Kier molecular flexibility index (Phi) is 23.5. The third-order valence-electron chi connectivity index (χ3n) is 15.0. The lowest BCUT2D eigenvalue weighted by Gasteiger charge is -2.31. The Hall–Kier alpha value is -8.91. The number of para-hydroxylation sites is 1. The van der Waals surface area contributed by atoms with Gasteiger partial charge in [-0.2, -0.15) is 0 Å². The van der Waals surface area contributed by atoms with Gasteiger partial charge in [0, 0.05) is 49.5 Å². The molecule has 0 bridgehead atoms. The van der Waals surface area contributed by atoms with Crippen LogP contribution >= 0.6 is 0 Å². The molecule has 4 heterocycles. The van der Waals surface area contributed by atoms with Crippen molar-refractivity contribution in [3.63, 3.8) is 0 Å². The van der Waals surface area contributed by atoms with Crippen LogP contribution < -0.4 is 54.0 Å². The number of aromatic amines is 1. The van der Waals surface area contributed by atoms with Crippen LogP contribution in [0.3, 0.4) is 0 Å². The Bertz CT molecular complexity index is 2970. The lowest BCUT2D eigenvalue weighted by atomic mass is 10.0. The number of esters is 1. The van der Waals surface area contributed by atoms with Crippen LogP contribution in [-0.2, 0) is 79.9 Å². The minimum atomic E-state index is -1.69. The van der Waals surface area contributed by atoms with Crippen LogP contribution in [0.4, 0.5) is 0 Å². The number of carbonyl (C=O) groups excluding carboxylic acids is 13. The first-order valence-corrected chi connectivity index (χ1v) is 28.8. The molecule has 9 atom stereocenters. The molecule has 3 aliphatic rings. The number of hydrogen-bond acceptors (Lipinski definition) is 14. The second-order valence-electron chi connectivity index (χ2n) is 22.3. The van der Waals surface area contributed by atoms with E-state index in [1.807, 2.05) is 38.1 Å². The zero-order chi connectivity index (χ0) is 62.1. The summed E-state index contributed by atoms with van der Waals surface area (Å²) in [5.74, 6) is -10.9. The van der Waals surface area contributed by atoms with E-state index >= 15 is 0 Å². The summed E-state index contributed by atoms with van der Waals surface area (Å²) < 4.78 is 5.29. The Morgan fingerprint density at radius 2 is 1.22 bits per heavy atom. The summed E-state index contributed by atoms with van der Waals surface area (Å²) in [6.07, 6.45) is 1.88. The van der Waals surface area contributed by atoms with Crippen molar-refractivity contribution in [3.05, 3.63) is 71.9 Å². The van der Waals surface area contributed by atoms with Crippen molar-refractivity contribution in [1.82, 2.24) is 57.3 Å². The van der Waals surface area contributed by atoms with Crippen molar-refractivity contribution in [2.75, 3.05) is 26.2 Å². The molecule has 3 saturated heterocycles. The average molecular weight is 1180 g/mol. The molecule has 27 nitrogen and oxygen atoms in total. The van der Waals surface area contributed by atoms with Crippen molar-refractivity contribution < 1.29 is 67.1 Å².